The van der Waals surface area contributed by atoms with Gasteiger partial charge in [0, 0.05) is 11.8 Å². The summed E-state index contributed by atoms with van der Waals surface area (Å²) in [7, 11) is 0. The van der Waals surface area contributed by atoms with Crippen LogP contribution < -0.4 is 5.56 Å². The van der Waals surface area contributed by atoms with Crippen molar-refractivity contribution in [1.82, 2.24) is 9.78 Å². The van der Waals surface area contributed by atoms with E-state index in [0.29, 0.717) is 0 Å². The monoisotopic (exact) mass is 230 g/mol. The number of H-pyrrole nitrogens is 1. The fraction of sp³-hybridized carbons (Fsp3) is 0.357. The van der Waals surface area contributed by atoms with E-state index in [1.165, 1.54) is 0 Å². The molecule has 2 aromatic rings. The average Bonchev–Trinajstić information content (AvgIpc) is 2.64. The van der Waals surface area contributed by atoms with E-state index in [4.69, 9.17) is 0 Å². The van der Waals surface area contributed by atoms with Crippen molar-refractivity contribution in [2.75, 3.05) is 0 Å². The molecule has 0 spiro atoms. The maximum Gasteiger partial charge on any atom is 0.271 e. The van der Waals surface area contributed by atoms with Crippen LogP contribution in [0, 0.1) is 13.8 Å². The highest BCUT2D eigenvalue weighted by atomic mass is 16.1. The molecular formula is C14H18N2O. The fourth-order valence-electron chi connectivity index (χ4n) is 1.98. The summed E-state index contributed by atoms with van der Waals surface area (Å²) in [5.41, 5.74) is 4.21. The first-order chi connectivity index (χ1) is 8.11. The largest absolute Gasteiger partial charge is 0.295 e. The molecule has 0 amide bonds. The molecule has 0 aliphatic rings. The molecule has 3 heteroatoms. The van der Waals surface area contributed by atoms with Crippen molar-refractivity contribution >= 4 is 0 Å². The summed E-state index contributed by atoms with van der Waals surface area (Å²) in [5, 5.41) is 3.17. The van der Waals surface area contributed by atoms with Crippen LogP contribution in [0.5, 0.6) is 0 Å². The number of hydrogen-bond donors (Lipinski definition) is 1. The zero-order valence-corrected chi connectivity index (χ0v) is 10.6. The number of aromatic amines is 1. The van der Waals surface area contributed by atoms with E-state index in [1.54, 1.807) is 10.7 Å². The summed E-state index contributed by atoms with van der Waals surface area (Å²) >= 11 is 0. The van der Waals surface area contributed by atoms with Gasteiger partial charge in [-0.05, 0) is 37.5 Å². The molecule has 0 aliphatic carbocycles. The quantitative estimate of drug-likeness (QED) is 0.865. The zero-order chi connectivity index (χ0) is 12.4. The molecule has 0 radical (unpaired) electrons. The molecule has 0 aliphatic heterocycles. The fourth-order valence-corrected chi connectivity index (χ4v) is 1.98. The molecule has 1 N–H and O–H groups in total. The summed E-state index contributed by atoms with van der Waals surface area (Å²) in [4.78, 5) is 11.9. The first-order valence-corrected chi connectivity index (χ1v) is 6.00. The number of benzene rings is 1. The van der Waals surface area contributed by atoms with E-state index < -0.39 is 0 Å². The Hall–Kier alpha value is -1.77. The highest BCUT2D eigenvalue weighted by Gasteiger charge is 2.07. The van der Waals surface area contributed by atoms with Crippen molar-refractivity contribution in [1.29, 1.82) is 0 Å². The molecule has 0 saturated carbocycles. The Bertz CT molecular complexity index is 578. The molecule has 2 rings (SSSR count). The Balaban J connectivity index is 2.52. The van der Waals surface area contributed by atoms with E-state index in [0.717, 1.165) is 35.3 Å². The second-order valence-electron chi connectivity index (χ2n) is 4.49. The number of aromatic nitrogens is 2. The van der Waals surface area contributed by atoms with E-state index in [1.807, 2.05) is 26.0 Å². The molecule has 0 bridgehead atoms. The number of nitrogens with one attached hydrogen (secondary N) is 1. The number of hydrogen-bond acceptors (Lipinski definition) is 1. The van der Waals surface area contributed by atoms with Gasteiger partial charge in [0.05, 0.1) is 5.69 Å². The lowest BCUT2D eigenvalue weighted by Crippen LogP contribution is -2.14. The van der Waals surface area contributed by atoms with Gasteiger partial charge in [0.25, 0.3) is 5.56 Å². The van der Waals surface area contributed by atoms with Gasteiger partial charge >= 0.3 is 0 Å². The molecular weight excluding hydrogens is 212 g/mol. The van der Waals surface area contributed by atoms with Gasteiger partial charge < -0.3 is 0 Å². The molecule has 0 saturated heterocycles. The molecule has 1 aromatic carbocycles. The lowest BCUT2D eigenvalue weighted by atomic mass is 10.1. The first-order valence-electron chi connectivity index (χ1n) is 6.00. The zero-order valence-electron chi connectivity index (χ0n) is 10.6. The van der Waals surface area contributed by atoms with E-state index in [-0.39, 0.29) is 5.56 Å². The second kappa shape index (κ2) is 4.62. The molecule has 17 heavy (non-hydrogen) atoms. The predicted molar refractivity (Wildman–Crippen MR) is 69.9 cm³/mol. The normalized spacial score (nSPS) is 10.8. The Kier molecular flexibility index (Phi) is 3.18. The maximum atomic E-state index is 11.9. The lowest BCUT2D eigenvalue weighted by molar-refractivity contribution is 0.789. The topological polar surface area (TPSA) is 37.8 Å². The van der Waals surface area contributed by atoms with Gasteiger partial charge in [-0.2, -0.15) is 0 Å². The minimum absolute atomic E-state index is 0.0159. The number of aryl methyl sites for hydroxylation is 3. The van der Waals surface area contributed by atoms with Gasteiger partial charge in [-0.25, -0.2) is 4.68 Å². The van der Waals surface area contributed by atoms with E-state index >= 15 is 0 Å². The van der Waals surface area contributed by atoms with Crippen LogP contribution in [0.3, 0.4) is 0 Å². The van der Waals surface area contributed by atoms with Gasteiger partial charge in [0.15, 0.2) is 0 Å². The summed E-state index contributed by atoms with van der Waals surface area (Å²) < 4.78 is 1.63. The van der Waals surface area contributed by atoms with Gasteiger partial charge in [-0.15, -0.1) is 0 Å². The van der Waals surface area contributed by atoms with Crippen molar-refractivity contribution in [3.05, 3.63) is 51.4 Å². The van der Waals surface area contributed by atoms with Gasteiger partial charge in [-0.3, -0.25) is 9.89 Å². The summed E-state index contributed by atoms with van der Waals surface area (Å²) in [6.07, 6.45) is 1.94. The highest BCUT2D eigenvalue weighted by molar-refractivity contribution is 5.42. The Labute approximate surface area is 101 Å². The van der Waals surface area contributed by atoms with Gasteiger partial charge in [0.2, 0.25) is 0 Å². The van der Waals surface area contributed by atoms with Crippen LogP contribution in [0.2, 0.25) is 0 Å². The lowest BCUT2D eigenvalue weighted by Gasteiger charge is -2.07. The van der Waals surface area contributed by atoms with Crippen molar-refractivity contribution < 1.29 is 0 Å². The Morgan fingerprint density at radius 3 is 2.71 bits per heavy atom. The SMILES string of the molecule is CCCc1cc(=O)n(-c2cc(C)ccc2C)[nH]1. The van der Waals surface area contributed by atoms with Crippen LogP contribution in [0.1, 0.15) is 30.2 Å². The van der Waals surface area contributed by atoms with Crippen LogP contribution in [-0.2, 0) is 6.42 Å². The van der Waals surface area contributed by atoms with E-state index in [9.17, 15) is 4.79 Å². The third-order valence-electron chi connectivity index (χ3n) is 2.90. The van der Waals surface area contributed by atoms with Gasteiger partial charge in [-0.1, -0.05) is 25.5 Å². The third kappa shape index (κ3) is 2.33. The van der Waals surface area contributed by atoms with Crippen molar-refractivity contribution in [2.24, 2.45) is 0 Å². The van der Waals surface area contributed by atoms with Crippen LogP contribution >= 0.6 is 0 Å². The van der Waals surface area contributed by atoms with Crippen LogP contribution in [0.4, 0.5) is 0 Å². The standard InChI is InChI=1S/C14H18N2O/c1-4-5-12-9-14(17)16(15-12)13-8-10(2)6-7-11(13)3/h6-9,15H,4-5H2,1-3H3. The van der Waals surface area contributed by atoms with Crippen LogP contribution in [0.25, 0.3) is 5.69 Å². The number of rotatable bonds is 3. The molecule has 90 valence electrons. The predicted octanol–water partition coefficient (Wildman–Crippen LogP) is 2.73. The average molecular weight is 230 g/mol. The van der Waals surface area contributed by atoms with Crippen LogP contribution in [-0.4, -0.2) is 9.78 Å². The van der Waals surface area contributed by atoms with Crippen molar-refractivity contribution in [3.8, 4) is 5.69 Å². The molecule has 1 heterocycles. The first kappa shape index (κ1) is 11.7. The minimum atomic E-state index is 0.0159. The number of nitrogens with zero attached hydrogens (tertiary/aromatic N) is 1. The van der Waals surface area contributed by atoms with Crippen molar-refractivity contribution in [3.63, 3.8) is 0 Å². The Morgan fingerprint density at radius 1 is 1.24 bits per heavy atom. The molecule has 0 atom stereocenters. The highest BCUT2D eigenvalue weighted by Crippen LogP contribution is 2.13. The van der Waals surface area contributed by atoms with Gasteiger partial charge in [0.1, 0.15) is 0 Å². The third-order valence-corrected chi connectivity index (χ3v) is 2.90. The molecule has 0 unspecified atom stereocenters. The molecule has 0 fully saturated rings. The summed E-state index contributed by atoms with van der Waals surface area (Å²) in [5.74, 6) is 0. The Morgan fingerprint density at radius 2 is 2.00 bits per heavy atom. The second-order valence-corrected chi connectivity index (χ2v) is 4.49. The smallest absolute Gasteiger partial charge is 0.271 e. The van der Waals surface area contributed by atoms with E-state index in [2.05, 4.69) is 18.1 Å². The summed E-state index contributed by atoms with van der Waals surface area (Å²) in [6, 6.07) is 7.81. The summed E-state index contributed by atoms with van der Waals surface area (Å²) in [6.45, 7) is 6.15. The maximum absolute atomic E-state index is 11.9. The van der Waals surface area contributed by atoms with Crippen molar-refractivity contribution in [2.45, 2.75) is 33.6 Å². The minimum Gasteiger partial charge on any atom is -0.295 e. The molecule has 1 aromatic heterocycles. The van der Waals surface area contributed by atoms with Crippen LogP contribution in [0.15, 0.2) is 29.1 Å². The molecule has 3 nitrogen and oxygen atoms in total.